The molecule has 0 radical (unpaired) electrons. The maximum atomic E-state index is 11.1. The molecular weight excluding hydrogens is 316 g/mol. The van der Waals surface area contributed by atoms with Crippen LogP contribution in [0.25, 0.3) is 0 Å². The molecule has 3 aliphatic rings. The molecule has 6 atom stereocenters. The van der Waals surface area contributed by atoms with Gasteiger partial charge >= 0.3 is 6.16 Å². The van der Waals surface area contributed by atoms with Crippen molar-refractivity contribution in [2.45, 2.75) is 64.4 Å². The number of ether oxygens (including phenoxy) is 1. The molecule has 0 spiro atoms. The van der Waals surface area contributed by atoms with Gasteiger partial charge in [-0.05, 0) is 79.0 Å². The van der Waals surface area contributed by atoms with Crippen molar-refractivity contribution < 1.29 is 19.7 Å². The van der Waals surface area contributed by atoms with Crippen LogP contribution in [0.15, 0.2) is 18.2 Å². The number of fused-ring (bicyclic) bond motifs is 5. The first kappa shape index (κ1) is 16.7. The zero-order chi connectivity index (χ0) is 17.8. The lowest BCUT2D eigenvalue weighted by Crippen LogP contribution is -2.47. The highest BCUT2D eigenvalue weighted by molar-refractivity contribution is 5.57. The molecule has 25 heavy (non-hydrogen) atoms. The maximum Gasteiger partial charge on any atom is 0.506 e. The Morgan fingerprint density at radius 3 is 2.84 bits per heavy atom. The molecule has 1 aromatic carbocycles. The summed E-state index contributed by atoms with van der Waals surface area (Å²) in [5, 5.41) is 19.0. The third kappa shape index (κ3) is 2.52. The van der Waals surface area contributed by atoms with Gasteiger partial charge < -0.3 is 14.9 Å². The Kier molecular flexibility index (Phi) is 3.97. The van der Waals surface area contributed by atoms with Crippen molar-refractivity contribution in [1.82, 2.24) is 0 Å². The van der Waals surface area contributed by atoms with Crippen LogP contribution in [0, 0.1) is 23.2 Å². The Bertz CT molecular complexity index is 684. The molecule has 2 N–H and O–H groups in total. The third-order valence-electron chi connectivity index (χ3n) is 7.57. The van der Waals surface area contributed by atoms with E-state index in [1.807, 2.05) is 12.1 Å². The van der Waals surface area contributed by atoms with E-state index in [-0.39, 0.29) is 11.5 Å². The molecule has 0 bridgehead atoms. The minimum absolute atomic E-state index is 0.0264. The predicted molar refractivity (Wildman–Crippen MR) is 94.8 cm³/mol. The van der Waals surface area contributed by atoms with E-state index in [1.165, 1.54) is 11.1 Å². The third-order valence-corrected chi connectivity index (χ3v) is 7.57. The van der Waals surface area contributed by atoms with Crippen LogP contribution in [0.4, 0.5) is 4.79 Å². The molecular formula is C21H28O4. The van der Waals surface area contributed by atoms with E-state index in [1.54, 1.807) is 0 Å². The second-order valence-corrected chi connectivity index (χ2v) is 8.54. The van der Waals surface area contributed by atoms with Gasteiger partial charge in [0, 0.05) is 5.41 Å². The number of hydrogen-bond acceptors (Lipinski definition) is 3. The van der Waals surface area contributed by atoms with Gasteiger partial charge in [-0.3, -0.25) is 0 Å². The SMILES string of the molecule is CC[C@@H]1Cc2cc(O)ccc2C2CC[C@@]3(C)C(CC[C@@H]3OC(=O)O)C21. The zero-order valence-corrected chi connectivity index (χ0v) is 15.1. The summed E-state index contributed by atoms with van der Waals surface area (Å²) in [4.78, 5) is 11.1. The van der Waals surface area contributed by atoms with Crippen LogP contribution in [0.1, 0.15) is 63.0 Å². The van der Waals surface area contributed by atoms with E-state index in [0.717, 1.165) is 38.5 Å². The van der Waals surface area contributed by atoms with E-state index < -0.39 is 6.16 Å². The van der Waals surface area contributed by atoms with E-state index >= 15 is 0 Å². The van der Waals surface area contributed by atoms with Gasteiger partial charge in [-0.15, -0.1) is 0 Å². The molecule has 0 aliphatic heterocycles. The van der Waals surface area contributed by atoms with Gasteiger partial charge in [-0.1, -0.05) is 26.3 Å². The molecule has 3 aliphatic carbocycles. The average molecular weight is 344 g/mol. The van der Waals surface area contributed by atoms with E-state index in [2.05, 4.69) is 19.9 Å². The fraction of sp³-hybridized carbons (Fsp3) is 0.667. The number of carbonyl (C=O) groups is 1. The monoisotopic (exact) mass is 344 g/mol. The van der Waals surface area contributed by atoms with Crippen molar-refractivity contribution in [2.75, 3.05) is 0 Å². The van der Waals surface area contributed by atoms with Crippen molar-refractivity contribution in [3.63, 3.8) is 0 Å². The smallest absolute Gasteiger partial charge is 0.506 e. The number of hydrogen-bond donors (Lipinski definition) is 2. The molecule has 4 nitrogen and oxygen atoms in total. The molecule has 0 heterocycles. The van der Waals surface area contributed by atoms with Gasteiger partial charge in [-0.25, -0.2) is 4.79 Å². The van der Waals surface area contributed by atoms with Crippen molar-refractivity contribution in [2.24, 2.45) is 23.2 Å². The summed E-state index contributed by atoms with van der Waals surface area (Å²) in [6, 6.07) is 5.89. The number of aromatic hydroxyl groups is 1. The highest BCUT2D eigenvalue weighted by Crippen LogP contribution is 2.63. The summed E-state index contributed by atoms with van der Waals surface area (Å²) in [6.07, 6.45) is 4.90. The number of phenols is 1. The van der Waals surface area contributed by atoms with Crippen molar-refractivity contribution >= 4 is 6.16 Å². The van der Waals surface area contributed by atoms with Crippen LogP contribution in [0.3, 0.4) is 0 Å². The molecule has 0 aromatic heterocycles. The van der Waals surface area contributed by atoms with Crippen molar-refractivity contribution in [3.05, 3.63) is 29.3 Å². The van der Waals surface area contributed by atoms with Crippen LogP contribution >= 0.6 is 0 Å². The molecule has 2 saturated carbocycles. The van der Waals surface area contributed by atoms with Gasteiger partial charge in [0.2, 0.25) is 0 Å². The minimum atomic E-state index is -1.13. The largest absolute Gasteiger partial charge is 0.508 e. The summed E-state index contributed by atoms with van der Waals surface area (Å²) in [6.45, 7) is 4.52. The standard InChI is InChI=1S/C21H28O4/c1-3-12-10-13-11-14(22)4-5-15(13)16-8-9-21(2)17(19(12)16)6-7-18(21)25-20(23)24/h4-5,11-12,16-19,22H,3,6-10H2,1-2H3,(H,23,24)/t12-,16?,17?,18+,19?,21+/m1/s1. The van der Waals surface area contributed by atoms with Crippen LogP contribution in [0.2, 0.25) is 0 Å². The number of benzene rings is 1. The molecule has 1 aromatic rings. The molecule has 136 valence electrons. The summed E-state index contributed by atoms with van der Waals surface area (Å²) >= 11 is 0. The van der Waals surface area contributed by atoms with E-state index in [4.69, 9.17) is 9.84 Å². The predicted octanol–water partition coefficient (Wildman–Crippen LogP) is 4.95. The first-order valence-electron chi connectivity index (χ1n) is 9.65. The lowest BCUT2D eigenvalue weighted by molar-refractivity contribution is -0.0563. The fourth-order valence-electron chi connectivity index (χ4n) is 6.45. The lowest BCUT2D eigenvalue weighted by atomic mass is 9.52. The normalized spacial score (nSPS) is 39.2. The van der Waals surface area contributed by atoms with Gasteiger partial charge in [-0.2, -0.15) is 0 Å². The second kappa shape index (κ2) is 5.93. The Morgan fingerprint density at radius 1 is 1.32 bits per heavy atom. The average Bonchev–Trinajstić information content (AvgIpc) is 2.89. The summed E-state index contributed by atoms with van der Waals surface area (Å²) in [5.41, 5.74) is 2.70. The maximum absolute atomic E-state index is 11.1. The summed E-state index contributed by atoms with van der Waals surface area (Å²) in [7, 11) is 0. The topological polar surface area (TPSA) is 66.8 Å². The Morgan fingerprint density at radius 2 is 2.12 bits per heavy atom. The van der Waals surface area contributed by atoms with Crippen molar-refractivity contribution in [3.8, 4) is 5.75 Å². The summed E-state index contributed by atoms with van der Waals surface area (Å²) in [5.74, 6) is 2.64. The number of carboxylic acid groups (broad SMARTS) is 1. The molecule has 4 rings (SSSR count). The van der Waals surface area contributed by atoms with Gasteiger partial charge in [0.05, 0.1) is 0 Å². The molecule has 0 saturated heterocycles. The second-order valence-electron chi connectivity index (χ2n) is 8.54. The zero-order valence-electron chi connectivity index (χ0n) is 15.1. The molecule has 0 amide bonds. The highest BCUT2D eigenvalue weighted by atomic mass is 16.7. The first-order valence-corrected chi connectivity index (χ1v) is 9.65. The molecule has 2 fully saturated rings. The number of rotatable bonds is 2. The minimum Gasteiger partial charge on any atom is -0.508 e. The lowest BCUT2D eigenvalue weighted by Gasteiger charge is -2.53. The Hall–Kier alpha value is -1.71. The van der Waals surface area contributed by atoms with Crippen LogP contribution in [0.5, 0.6) is 5.75 Å². The van der Waals surface area contributed by atoms with Gasteiger partial charge in [0.1, 0.15) is 11.9 Å². The van der Waals surface area contributed by atoms with Gasteiger partial charge in [0.25, 0.3) is 0 Å². The van der Waals surface area contributed by atoms with Crippen molar-refractivity contribution in [1.29, 1.82) is 0 Å². The summed E-state index contributed by atoms with van der Waals surface area (Å²) < 4.78 is 5.30. The Balaban J connectivity index is 1.70. The van der Waals surface area contributed by atoms with Crippen LogP contribution in [-0.2, 0) is 11.2 Å². The Labute approximate surface area is 149 Å². The van der Waals surface area contributed by atoms with E-state index in [9.17, 15) is 9.90 Å². The number of phenolic OH excluding ortho intramolecular Hbond substituents is 1. The highest BCUT2D eigenvalue weighted by Gasteiger charge is 2.58. The molecule has 4 heteroatoms. The van der Waals surface area contributed by atoms with Crippen LogP contribution in [-0.4, -0.2) is 22.5 Å². The first-order chi connectivity index (χ1) is 11.9. The van der Waals surface area contributed by atoms with Crippen LogP contribution < -0.4 is 0 Å². The molecule has 3 unspecified atom stereocenters. The van der Waals surface area contributed by atoms with Gasteiger partial charge in [0.15, 0.2) is 0 Å². The quantitative estimate of drug-likeness (QED) is 0.745. The fourth-order valence-corrected chi connectivity index (χ4v) is 6.45. The van der Waals surface area contributed by atoms with E-state index in [0.29, 0.717) is 29.4 Å².